The summed E-state index contributed by atoms with van der Waals surface area (Å²) in [6, 6.07) is 25.5. The maximum absolute atomic E-state index is 11.3. The first-order chi connectivity index (χ1) is 20.4. The summed E-state index contributed by atoms with van der Waals surface area (Å²) in [7, 11) is 7.03. The van der Waals surface area contributed by atoms with E-state index < -0.39 is 11.7 Å². The van der Waals surface area contributed by atoms with E-state index in [2.05, 4.69) is 19.9 Å². The number of hydrogen-bond acceptors (Lipinski definition) is 8. The third-order valence-corrected chi connectivity index (χ3v) is 6.87. The Kier molecular flexibility index (Phi) is 8.75. The summed E-state index contributed by atoms with van der Waals surface area (Å²) in [5, 5.41) is 11.3. The van der Waals surface area contributed by atoms with Crippen LogP contribution in [0.4, 0.5) is 5.82 Å². The molecule has 2 heterocycles. The van der Waals surface area contributed by atoms with Crippen LogP contribution < -0.4 is 9.47 Å². The van der Waals surface area contributed by atoms with E-state index in [9.17, 15) is 5.11 Å². The second-order valence-corrected chi connectivity index (χ2v) is 9.94. The fourth-order valence-corrected chi connectivity index (χ4v) is 4.84. The van der Waals surface area contributed by atoms with Crippen molar-refractivity contribution in [3.05, 3.63) is 108 Å². The number of fused-ring (bicyclic) bond motifs is 1. The number of hydrogen-bond donors (Lipinski definition) is 1. The van der Waals surface area contributed by atoms with E-state index in [-0.39, 0.29) is 13.2 Å². The summed E-state index contributed by atoms with van der Waals surface area (Å²) < 4.78 is 19.4. The van der Waals surface area contributed by atoms with Crippen LogP contribution in [0.5, 0.6) is 11.5 Å². The van der Waals surface area contributed by atoms with Crippen LogP contribution in [0.3, 0.4) is 0 Å². The number of benzene rings is 3. The largest absolute Gasteiger partial charge is 0.497 e. The van der Waals surface area contributed by atoms with Gasteiger partial charge in [-0.3, -0.25) is 0 Å². The topological polar surface area (TPSA) is 107 Å². The van der Waals surface area contributed by atoms with Gasteiger partial charge in [-0.15, -0.1) is 0 Å². The first-order valence-corrected chi connectivity index (χ1v) is 13.5. The second kappa shape index (κ2) is 12.8. The Labute approximate surface area is 244 Å². The Balaban J connectivity index is 1.49. The van der Waals surface area contributed by atoms with E-state index in [0.29, 0.717) is 17.0 Å². The monoisotopic (exact) mass is 566 g/mol. The summed E-state index contributed by atoms with van der Waals surface area (Å²) in [6.07, 6.45) is 3.85. The number of aromatic nitrogens is 4. The predicted molar refractivity (Wildman–Crippen MR) is 161 cm³/mol. The normalized spacial score (nSPS) is 12.5. The fraction of sp³-hybridized carbons (Fsp3) is 0.250. The van der Waals surface area contributed by atoms with Gasteiger partial charge in [-0.1, -0.05) is 54.6 Å². The fourth-order valence-electron chi connectivity index (χ4n) is 4.84. The van der Waals surface area contributed by atoms with Gasteiger partial charge in [-0.05, 0) is 41.0 Å². The van der Waals surface area contributed by atoms with Crippen molar-refractivity contribution in [3.63, 3.8) is 0 Å². The molecule has 0 aliphatic carbocycles. The number of aliphatic hydroxyl groups excluding tert-OH is 1. The maximum Gasteiger partial charge on any atom is 0.184 e. The number of nitrogens with zero attached hydrogens (tertiary/aromatic N) is 6. The molecule has 216 valence electrons. The smallest absolute Gasteiger partial charge is 0.184 e. The van der Waals surface area contributed by atoms with Gasteiger partial charge in [0, 0.05) is 14.1 Å². The van der Waals surface area contributed by atoms with Crippen molar-refractivity contribution in [1.29, 1.82) is 0 Å². The number of imidazole rings is 1. The molecule has 10 nitrogen and oxygen atoms in total. The highest BCUT2D eigenvalue weighted by atomic mass is 16.5. The van der Waals surface area contributed by atoms with Gasteiger partial charge in [-0.25, -0.2) is 19.9 Å². The molecular weight excluding hydrogens is 532 g/mol. The van der Waals surface area contributed by atoms with Crippen LogP contribution in [0.15, 0.2) is 96.5 Å². The Morgan fingerprint density at radius 1 is 0.857 bits per heavy atom. The van der Waals surface area contributed by atoms with Gasteiger partial charge >= 0.3 is 0 Å². The molecule has 3 aromatic carbocycles. The standard InChI is InChI=1S/C32H34N6O4/c1-37(2)21-36-30-29-31(34-20-33-30)38(22-35-29)18-26(39)19-42-32(23-8-6-5-7-9-23,24-10-14-27(40-3)15-11-24)25-12-16-28(41-4)17-13-25/h5-17,20-22,26,39H,18-19H2,1-4H3/t26-/m0/s1. The van der Waals surface area contributed by atoms with Crippen LogP contribution in [-0.2, 0) is 16.9 Å². The Hall–Kier alpha value is -4.80. The summed E-state index contributed by atoms with van der Waals surface area (Å²) in [6.45, 7) is 0.226. The summed E-state index contributed by atoms with van der Waals surface area (Å²) >= 11 is 0. The predicted octanol–water partition coefficient (Wildman–Crippen LogP) is 4.43. The molecule has 0 bridgehead atoms. The minimum Gasteiger partial charge on any atom is -0.497 e. The quantitative estimate of drug-likeness (QED) is 0.134. The van der Waals surface area contributed by atoms with Crippen LogP contribution >= 0.6 is 0 Å². The lowest BCUT2D eigenvalue weighted by Crippen LogP contribution is -2.36. The Morgan fingerprint density at radius 2 is 1.45 bits per heavy atom. The molecular formula is C32H34N6O4. The molecule has 5 aromatic rings. The van der Waals surface area contributed by atoms with Gasteiger partial charge in [-0.2, -0.15) is 0 Å². The van der Waals surface area contributed by atoms with Crippen molar-refractivity contribution in [2.75, 3.05) is 34.9 Å². The number of rotatable bonds is 12. The van der Waals surface area contributed by atoms with Crippen molar-refractivity contribution >= 4 is 23.3 Å². The molecule has 10 heteroatoms. The SMILES string of the molecule is COc1ccc(C(OC[C@@H](O)Cn2cnc3c(N=CN(C)C)ncnc32)(c2ccccc2)c2ccc(OC)cc2)cc1. The molecule has 0 fully saturated rings. The zero-order valence-electron chi connectivity index (χ0n) is 24.1. The molecule has 0 saturated carbocycles. The van der Waals surface area contributed by atoms with E-state index in [1.54, 1.807) is 31.5 Å². The molecule has 2 aromatic heterocycles. The summed E-state index contributed by atoms with van der Waals surface area (Å²) in [5.74, 6) is 1.93. The molecule has 0 radical (unpaired) electrons. The molecule has 0 aliphatic rings. The lowest BCUT2D eigenvalue weighted by atomic mass is 9.80. The van der Waals surface area contributed by atoms with Crippen LogP contribution in [-0.4, -0.2) is 76.9 Å². The van der Waals surface area contributed by atoms with Gasteiger partial charge in [0.25, 0.3) is 0 Å². The highest BCUT2D eigenvalue weighted by Crippen LogP contribution is 2.41. The Morgan fingerprint density at radius 3 is 2.02 bits per heavy atom. The minimum absolute atomic E-state index is 0.0172. The van der Waals surface area contributed by atoms with Gasteiger partial charge in [0.15, 0.2) is 17.0 Å². The molecule has 1 atom stereocenters. The third kappa shape index (κ3) is 5.95. The highest BCUT2D eigenvalue weighted by molar-refractivity contribution is 5.82. The molecule has 0 spiro atoms. The Bertz CT molecular complexity index is 1570. The van der Waals surface area contributed by atoms with E-state index in [1.165, 1.54) is 6.33 Å². The van der Waals surface area contributed by atoms with Crippen LogP contribution in [0.1, 0.15) is 16.7 Å². The van der Waals surface area contributed by atoms with Crippen LogP contribution in [0.25, 0.3) is 11.2 Å². The minimum atomic E-state index is -1.03. The van der Waals surface area contributed by atoms with Crippen molar-refractivity contribution in [3.8, 4) is 11.5 Å². The zero-order chi connectivity index (χ0) is 29.5. The molecule has 0 amide bonds. The van der Waals surface area contributed by atoms with Gasteiger partial charge < -0.3 is 28.8 Å². The molecule has 0 saturated heterocycles. The van der Waals surface area contributed by atoms with E-state index in [0.717, 1.165) is 28.2 Å². The first kappa shape index (κ1) is 28.7. The van der Waals surface area contributed by atoms with Gasteiger partial charge in [0.1, 0.15) is 23.4 Å². The molecule has 0 unspecified atom stereocenters. The molecule has 42 heavy (non-hydrogen) atoms. The summed E-state index contributed by atoms with van der Waals surface area (Å²) in [4.78, 5) is 19.3. The molecule has 0 aliphatic heterocycles. The third-order valence-electron chi connectivity index (χ3n) is 6.87. The summed E-state index contributed by atoms with van der Waals surface area (Å²) in [5.41, 5.74) is 2.78. The highest BCUT2D eigenvalue weighted by Gasteiger charge is 2.38. The van der Waals surface area contributed by atoms with Crippen LogP contribution in [0, 0.1) is 0 Å². The van der Waals surface area contributed by atoms with E-state index in [1.807, 2.05) is 97.9 Å². The lowest BCUT2D eigenvalue weighted by Gasteiger charge is -2.36. The molecule has 1 N–H and O–H groups in total. The number of methoxy groups -OCH3 is 2. The number of aliphatic imine (C=N–C) groups is 1. The average molecular weight is 567 g/mol. The van der Waals surface area contributed by atoms with Crippen molar-refractivity contribution in [2.45, 2.75) is 18.2 Å². The van der Waals surface area contributed by atoms with Crippen LogP contribution in [0.2, 0.25) is 0 Å². The second-order valence-electron chi connectivity index (χ2n) is 9.94. The van der Waals surface area contributed by atoms with Crippen molar-refractivity contribution in [1.82, 2.24) is 24.4 Å². The van der Waals surface area contributed by atoms with Gasteiger partial charge in [0.2, 0.25) is 0 Å². The first-order valence-electron chi connectivity index (χ1n) is 13.5. The van der Waals surface area contributed by atoms with Crippen molar-refractivity contribution in [2.24, 2.45) is 4.99 Å². The van der Waals surface area contributed by atoms with E-state index >= 15 is 0 Å². The lowest BCUT2D eigenvalue weighted by molar-refractivity contribution is -0.0421. The maximum atomic E-state index is 11.3. The average Bonchev–Trinajstić information content (AvgIpc) is 3.44. The van der Waals surface area contributed by atoms with E-state index in [4.69, 9.17) is 14.2 Å². The molecule has 5 rings (SSSR count). The zero-order valence-corrected chi connectivity index (χ0v) is 24.1. The van der Waals surface area contributed by atoms with Gasteiger partial charge in [0.05, 0.1) is 46.1 Å². The number of aliphatic hydroxyl groups is 1. The number of ether oxygens (including phenoxy) is 3. The van der Waals surface area contributed by atoms with Crippen molar-refractivity contribution < 1.29 is 19.3 Å².